The molecule has 100 valence electrons. The fourth-order valence-corrected chi connectivity index (χ4v) is 2.66. The first-order valence-corrected chi connectivity index (χ1v) is 7.09. The molecule has 1 aliphatic carbocycles. The van der Waals surface area contributed by atoms with Crippen LogP contribution in [-0.2, 0) is 4.33 Å². The van der Waals surface area contributed by atoms with Crippen LogP contribution in [0.5, 0.6) is 0 Å². The van der Waals surface area contributed by atoms with Crippen LogP contribution >= 0.6 is 12.0 Å². The lowest BCUT2D eigenvalue weighted by molar-refractivity contribution is -0.116. The smallest absolute Gasteiger partial charge is 0.0679 e. The van der Waals surface area contributed by atoms with Gasteiger partial charge in [0.2, 0.25) is 0 Å². The number of nitrogens with two attached hydrogens (primary N) is 1. The van der Waals surface area contributed by atoms with Crippen LogP contribution in [0.4, 0.5) is 5.69 Å². The van der Waals surface area contributed by atoms with Crippen molar-refractivity contribution in [2.24, 2.45) is 11.7 Å². The Hall–Kier alpha value is -0.750. The van der Waals surface area contributed by atoms with Crippen LogP contribution < -0.4 is 11.1 Å². The van der Waals surface area contributed by atoms with Gasteiger partial charge < -0.3 is 11.1 Å². The summed E-state index contributed by atoms with van der Waals surface area (Å²) in [7, 11) is 0. The Labute approximate surface area is 112 Å². The van der Waals surface area contributed by atoms with Crippen LogP contribution in [0.2, 0.25) is 0 Å². The lowest BCUT2D eigenvalue weighted by Gasteiger charge is -2.26. The summed E-state index contributed by atoms with van der Waals surface area (Å²) in [4.78, 5) is 0.881. The van der Waals surface area contributed by atoms with Gasteiger partial charge in [0.1, 0.15) is 0 Å². The maximum absolute atomic E-state index is 8.32. The molecule has 1 aliphatic rings. The van der Waals surface area contributed by atoms with E-state index in [1.807, 2.05) is 24.3 Å². The van der Waals surface area contributed by atoms with Crippen molar-refractivity contribution < 1.29 is 9.59 Å². The second-order valence-corrected chi connectivity index (χ2v) is 5.63. The molecule has 2 rings (SSSR count). The number of anilines is 1. The van der Waals surface area contributed by atoms with E-state index in [0.717, 1.165) is 47.9 Å². The minimum Gasteiger partial charge on any atom is -0.385 e. The quantitative estimate of drug-likeness (QED) is 0.435. The second kappa shape index (κ2) is 6.99. The molecule has 0 radical (unpaired) electrons. The molecular weight excluding hydrogens is 248 g/mol. The second-order valence-electron chi connectivity index (χ2n) is 4.84. The molecule has 4 N–H and O–H groups in total. The van der Waals surface area contributed by atoms with Gasteiger partial charge >= 0.3 is 0 Å². The summed E-state index contributed by atoms with van der Waals surface area (Å²) in [5, 5.41) is 11.8. The van der Waals surface area contributed by atoms with Gasteiger partial charge in [-0.25, -0.2) is 5.26 Å². The van der Waals surface area contributed by atoms with E-state index in [1.165, 1.54) is 12.8 Å². The number of rotatable bonds is 5. The highest BCUT2D eigenvalue weighted by atomic mass is 32.2. The van der Waals surface area contributed by atoms with E-state index in [4.69, 9.17) is 11.0 Å². The predicted molar refractivity (Wildman–Crippen MR) is 74.4 cm³/mol. The highest BCUT2D eigenvalue weighted by Crippen LogP contribution is 2.24. The van der Waals surface area contributed by atoms with Crippen molar-refractivity contribution in [1.29, 1.82) is 0 Å². The summed E-state index contributed by atoms with van der Waals surface area (Å²) in [6, 6.07) is 8.24. The lowest BCUT2D eigenvalue weighted by Crippen LogP contribution is -2.29. The van der Waals surface area contributed by atoms with E-state index in [-0.39, 0.29) is 0 Å². The minimum atomic E-state index is 0.413. The Morgan fingerprint density at radius 1 is 1.22 bits per heavy atom. The van der Waals surface area contributed by atoms with Crippen LogP contribution in [-0.4, -0.2) is 17.8 Å². The van der Waals surface area contributed by atoms with Crippen molar-refractivity contribution in [2.75, 3.05) is 11.9 Å². The zero-order chi connectivity index (χ0) is 12.8. The molecule has 1 aromatic rings. The third-order valence-electron chi connectivity index (χ3n) is 3.47. The number of hydrogen-bond donors (Lipinski definition) is 3. The molecule has 4 nitrogen and oxygen atoms in total. The summed E-state index contributed by atoms with van der Waals surface area (Å²) in [5.74, 6) is 0.736. The Morgan fingerprint density at radius 2 is 1.89 bits per heavy atom. The highest BCUT2D eigenvalue weighted by Gasteiger charge is 2.17. The zero-order valence-electron chi connectivity index (χ0n) is 10.3. The normalized spacial score (nSPS) is 23.9. The van der Waals surface area contributed by atoms with Crippen molar-refractivity contribution in [3.63, 3.8) is 0 Å². The van der Waals surface area contributed by atoms with Crippen LogP contribution in [0.1, 0.15) is 25.7 Å². The molecule has 5 heteroatoms. The van der Waals surface area contributed by atoms with Gasteiger partial charge in [0, 0.05) is 23.2 Å². The van der Waals surface area contributed by atoms with Crippen LogP contribution in [0.3, 0.4) is 0 Å². The Kier molecular flexibility index (Phi) is 5.31. The molecule has 0 saturated heterocycles. The predicted octanol–water partition coefficient (Wildman–Crippen LogP) is 3.11. The molecule has 0 bridgehead atoms. The van der Waals surface area contributed by atoms with Gasteiger partial charge in [0.25, 0.3) is 0 Å². The van der Waals surface area contributed by atoms with E-state index in [0.29, 0.717) is 6.04 Å². The van der Waals surface area contributed by atoms with Gasteiger partial charge in [0.15, 0.2) is 0 Å². The maximum Gasteiger partial charge on any atom is 0.0679 e. The first-order valence-electron chi connectivity index (χ1n) is 6.35. The summed E-state index contributed by atoms with van der Waals surface area (Å²) in [5.41, 5.74) is 7.00. The minimum absolute atomic E-state index is 0.413. The van der Waals surface area contributed by atoms with Crippen molar-refractivity contribution in [3.8, 4) is 0 Å². The number of hydrogen-bond acceptors (Lipinski definition) is 5. The van der Waals surface area contributed by atoms with Crippen molar-refractivity contribution >= 4 is 17.7 Å². The molecule has 0 unspecified atom stereocenters. The van der Waals surface area contributed by atoms with Gasteiger partial charge in [-0.3, -0.25) is 0 Å². The first-order chi connectivity index (χ1) is 8.78. The Balaban J connectivity index is 1.76. The van der Waals surface area contributed by atoms with Crippen molar-refractivity contribution in [3.05, 3.63) is 24.3 Å². The topological polar surface area (TPSA) is 67.5 Å². The third-order valence-corrected chi connectivity index (χ3v) is 4.01. The van der Waals surface area contributed by atoms with Crippen LogP contribution in [0.15, 0.2) is 29.2 Å². The maximum atomic E-state index is 8.32. The third kappa shape index (κ3) is 4.17. The number of benzene rings is 1. The lowest BCUT2D eigenvalue weighted by atomic mass is 9.86. The molecule has 1 aromatic carbocycles. The van der Waals surface area contributed by atoms with E-state index in [9.17, 15) is 0 Å². The van der Waals surface area contributed by atoms with Gasteiger partial charge in [-0.05, 0) is 55.9 Å². The Bertz CT molecular complexity index is 351. The summed E-state index contributed by atoms with van der Waals surface area (Å²) >= 11 is 0.944. The monoisotopic (exact) mass is 268 g/mol. The molecule has 0 atom stereocenters. The van der Waals surface area contributed by atoms with Gasteiger partial charge in [-0.15, -0.1) is 0 Å². The average molecular weight is 268 g/mol. The van der Waals surface area contributed by atoms with E-state index < -0.39 is 0 Å². The average Bonchev–Trinajstić information content (AvgIpc) is 2.40. The molecule has 0 heterocycles. The van der Waals surface area contributed by atoms with Crippen molar-refractivity contribution in [1.82, 2.24) is 0 Å². The fraction of sp³-hybridized carbons (Fsp3) is 0.538. The highest BCUT2D eigenvalue weighted by molar-refractivity contribution is 7.94. The summed E-state index contributed by atoms with van der Waals surface area (Å²) in [6.45, 7) is 1.01. The molecule has 0 amide bonds. The molecular formula is C13H20N2O2S. The molecule has 1 fully saturated rings. The van der Waals surface area contributed by atoms with Crippen LogP contribution in [0.25, 0.3) is 0 Å². The van der Waals surface area contributed by atoms with Crippen molar-refractivity contribution in [2.45, 2.75) is 36.6 Å². The zero-order valence-corrected chi connectivity index (χ0v) is 11.2. The molecule has 18 heavy (non-hydrogen) atoms. The van der Waals surface area contributed by atoms with Gasteiger partial charge in [-0.1, -0.05) is 0 Å². The van der Waals surface area contributed by atoms with E-state index in [2.05, 4.69) is 9.65 Å². The summed E-state index contributed by atoms with van der Waals surface area (Å²) in [6.07, 6.45) is 4.74. The molecule has 0 aromatic heterocycles. The Morgan fingerprint density at radius 3 is 2.50 bits per heavy atom. The largest absolute Gasteiger partial charge is 0.385 e. The standard InChI is InChI=1S/C13H20N2O2S/c14-11-3-1-10(2-4-11)9-15-12-5-7-13(8-6-12)18-17-16/h5-8,10-11,15-16H,1-4,9,14H2. The molecule has 1 saturated carbocycles. The number of nitrogens with one attached hydrogen (secondary N) is 1. The van der Waals surface area contributed by atoms with Gasteiger partial charge in [-0.2, -0.15) is 4.33 Å². The van der Waals surface area contributed by atoms with Gasteiger partial charge in [0.05, 0.1) is 12.0 Å². The molecule has 0 spiro atoms. The fourth-order valence-electron chi connectivity index (χ4n) is 2.33. The van der Waals surface area contributed by atoms with E-state index in [1.54, 1.807) is 0 Å². The van der Waals surface area contributed by atoms with Crippen LogP contribution in [0, 0.1) is 5.92 Å². The first kappa shape index (κ1) is 13.7. The summed E-state index contributed by atoms with van der Waals surface area (Å²) < 4.78 is 4.02. The van der Waals surface area contributed by atoms with E-state index >= 15 is 0 Å². The SMILES string of the molecule is NC1CCC(CNc2ccc(SOO)cc2)CC1. The molecule has 0 aliphatic heterocycles.